The van der Waals surface area contributed by atoms with Gasteiger partial charge in [-0.25, -0.2) is 9.59 Å². The number of nitrogens with one attached hydrogen (secondary N) is 2. The lowest BCUT2D eigenvalue weighted by Gasteiger charge is -2.12. The number of imide groups is 1. The number of ether oxygens (including phenoxy) is 3. The van der Waals surface area contributed by atoms with E-state index in [2.05, 4.69) is 5.32 Å². The molecule has 8 heteroatoms. The van der Waals surface area contributed by atoms with Crippen LogP contribution < -0.4 is 20.1 Å². The Kier molecular flexibility index (Phi) is 6.68. The van der Waals surface area contributed by atoms with Crippen molar-refractivity contribution in [1.82, 2.24) is 10.6 Å². The molecular weight excluding hydrogens is 292 g/mol. The SMILES string of the molecule is CCNC(=O)NC(=O)COC(=O)c1c(OC)cccc1OC. The number of rotatable bonds is 6. The summed E-state index contributed by atoms with van der Waals surface area (Å²) >= 11 is 0. The van der Waals surface area contributed by atoms with Crippen LogP contribution in [0.1, 0.15) is 17.3 Å². The van der Waals surface area contributed by atoms with Gasteiger partial charge in [-0.2, -0.15) is 0 Å². The average Bonchev–Trinajstić information content (AvgIpc) is 2.51. The molecule has 8 nitrogen and oxygen atoms in total. The zero-order chi connectivity index (χ0) is 16.5. The normalized spacial score (nSPS) is 9.59. The summed E-state index contributed by atoms with van der Waals surface area (Å²) in [6.07, 6.45) is 0. The minimum atomic E-state index is -0.791. The van der Waals surface area contributed by atoms with Gasteiger partial charge in [-0.3, -0.25) is 10.1 Å². The molecule has 3 amide bonds. The second kappa shape index (κ2) is 8.50. The van der Waals surface area contributed by atoms with E-state index in [1.54, 1.807) is 25.1 Å². The summed E-state index contributed by atoms with van der Waals surface area (Å²) in [6.45, 7) is 1.48. The van der Waals surface area contributed by atoms with Crippen molar-refractivity contribution in [3.63, 3.8) is 0 Å². The molecule has 0 atom stereocenters. The fraction of sp³-hybridized carbons (Fsp3) is 0.357. The third-order valence-corrected chi connectivity index (χ3v) is 2.56. The van der Waals surface area contributed by atoms with E-state index in [0.29, 0.717) is 6.54 Å². The van der Waals surface area contributed by atoms with E-state index >= 15 is 0 Å². The first kappa shape index (κ1) is 17.3. The van der Waals surface area contributed by atoms with Crippen molar-refractivity contribution in [2.45, 2.75) is 6.92 Å². The van der Waals surface area contributed by atoms with E-state index in [1.807, 2.05) is 5.32 Å². The van der Waals surface area contributed by atoms with Crippen LogP contribution in [-0.2, 0) is 9.53 Å². The van der Waals surface area contributed by atoms with Crippen LogP contribution in [0.2, 0.25) is 0 Å². The number of benzene rings is 1. The lowest BCUT2D eigenvalue weighted by molar-refractivity contribution is -0.123. The molecule has 0 saturated heterocycles. The molecule has 1 aromatic carbocycles. The lowest BCUT2D eigenvalue weighted by atomic mass is 10.2. The van der Waals surface area contributed by atoms with Gasteiger partial charge in [0.15, 0.2) is 6.61 Å². The highest BCUT2D eigenvalue weighted by Crippen LogP contribution is 2.28. The first-order valence-electron chi connectivity index (χ1n) is 6.49. The summed E-state index contributed by atoms with van der Waals surface area (Å²) in [6, 6.07) is 4.12. The Hall–Kier alpha value is -2.77. The van der Waals surface area contributed by atoms with E-state index in [0.717, 1.165) is 0 Å². The summed E-state index contributed by atoms with van der Waals surface area (Å²) in [7, 11) is 2.79. The average molecular weight is 310 g/mol. The molecule has 0 aliphatic heterocycles. The summed E-state index contributed by atoms with van der Waals surface area (Å²) < 4.78 is 15.0. The molecule has 0 aliphatic carbocycles. The molecule has 0 heterocycles. The molecule has 0 bridgehead atoms. The van der Waals surface area contributed by atoms with Crippen LogP contribution in [0.25, 0.3) is 0 Å². The highest BCUT2D eigenvalue weighted by Gasteiger charge is 2.20. The van der Waals surface area contributed by atoms with E-state index in [9.17, 15) is 14.4 Å². The maximum Gasteiger partial charge on any atom is 0.346 e. The molecule has 0 spiro atoms. The summed E-state index contributed by atoms with van der Waals surface area (Å²) in [5.41, 5.74) is 0.0679. The Morgan fingerprint density at radius 2 is 1.68 bits per heavy atom. The predicted octanol–water partition coefficient (Wildman–Crippen LogP) is 0.706. The summed E-state index contributed by atoms with van der Waals surface area (Å²) in [5.74, 6) is -1.02. The molecule has 0 fully saturated rings. The monoisotopic (exact) mass is 310 g/mol. The van der Waals surface area contributed by atoms with Crippen LogP contribution in [-0.4, -0.2) is 45.3 Å². The van der Waals surface area contributed by atoms with Gasteiger partial charge < -0.3 is 19.5 Å². The van der Waals surface area contributed by atoms with Crippen molar-refractivity contribution in [3.8, 4) is 11.5 Å². The second-order valence-electron chi connectivity index (χ2n) is 4.02. The van der Waals surface area contributed by atoms with Gasteiger partial charge >= 0.3 is 12.0 Å². The second-order valence-corrected chi connectivity index (χ2v) is 4.02. The van der Waals surface area contributed by atoms with Gasteiger partial charge in [0, 0.05) is 6.54 Å². The van der Waals surface area contributed by atoms with Crippen molar-refractivity contribution < 1.29 is 28.6 Å². The highest BCUT2D eigenvalue weighted by molar-refractivity contribution is 5.99. The van der Waals surface area contributed by atoms with Crippen molar-refractivity contribution in [2.24, 2.45) is 0 Å². The topological polar surface area (TPSA) is 103 Å². The quantitative estimate of drug-likeness (QED) is 0.750. The largest absolute Gasteiger partial charge is 0.496 e. The fourth-order valence-corrected chi connectivity index (χ4v) is 1.62. The Morgan fingerprint density at radius 3 is 2.18 bits per heavy atom. The van der Waals surface area contributed by atoms with Crippen LogP contribution in [0.5, 0.6) is 11.5 Å². The van der Waals surface area contributed by atoms with Gasteiger partial charge in [-0.1, -0.05) is 6.07 Å². The Labute approximate surface area is 127 Å². The first-order chi connectivity index (χ1) is 10.5. The van der Waals surface area contributed by atoms with Crippen molar-refractivity contribution in [3.05, 3.63) is 23.8 Å². The van der Waals surface area contributed by atoms with Crippen molar-refractivity contribution in [2.75, 3.05) is 27.4 Å². The predicted molar refractivity (Wildman–Crippen MR) is 77.0 cm³/mol. The van der Waals surface area contributed by atoms with Crippen LogP contribution in [0.4, 0.5) is 4.79 Å². The molecule has 1 aromatic rings. The van der Waals surface area contributed by atoms with Gasteiger partial charge in [-0.15, -0.1) is 0 Å². The molecule has 0 saturated carbocycles. The molecule has 120 valence electrons. The molecule has 1 rings (SSSR count). The van der Waals surface area contributed by atoms with Crippen LogP contribution in [0.3, 0.4) is 0 Å². The molecule has 0 aliphatic rings. The van der Waals surface area contributed by atoms with Gasteiger partial charge in [0.05, 0.1) is 14.2 Å². The van der Waals surface area contributed by atoms with Crippen molar-refractivity contribution in [1.29, 1.82) is 0 Å². The standard InChI is InChI=1S/C14H18N2O6/c1-4-15-14(19)16-11(17)8-22-13(18)12-9(20-2)6-5-7-10(12)21-3/h5-7H,4,8H2,1-3H3,(H2,15,16,17,19). The number of methoxy groups -OCH3 is 2. The van der Waals surface area contributed by atoms with Gasteiger partial charge in [-0.05, 0) is 19.1 Å². The minimum absolute atomic E-state index is 0.0679. The molecular formula is C14H18N2O6. The number of amides is 3. The zero-order valence-electron chi connectivity index (χ0n) is 12.6. The fourth-order valence-electron chi connectivity index (χ4n) is 1.62. The van der Waals surface area contributed by atoms with Crippen LogP contribution in [0.15, 0.2) is 18.2 Å². The summed E-state index contributed by atoms with van der Waals surface area (Å²) in [5, 5.41) is 4.40. The molecule has 0 aromatic heterocycles. The number of carbonyl (C=O) groups excluding carboxylic acids is 3. The smallest absolute Gasteiger partial charge is 0.346 e. The molecule has 0 unspecified atom stereocenters. The van der Waals surface area contributed by atoms with Crippen LogP contribution in [0, 0.1) is 0 Å². The third-order valence-electron chi connectivity index (χ3n) is 2.56. The summed E-state index contributed by atoms with van der Waals surface area (Å²) in [4.78, 5) is 34.7. The van der Waals surface area contributed by atoms with E-state index in [1.165, 1.54) is 14.2 Å². The Bertz CT molecular complexity index is 536. The zero-order valence-corrected chi connectivity index (χ0v) is 12.6. The van der Waals surface area contributed by atoms with Crippen molar-refractivity contribution >= 4 is 17.9 Å². The van der Waals surface area contributed by atoms with E-state index < -0.39 is 24.5 Å². The maximum absolute atomic E-state index is 12.1. The molecule has 22 heavy (non-hydrogen) atoms. The minimum Gasteiger partial charge on any atom is -0.496 e. The number of carbonyl (C=O) groups is 3. The number of hydrogen-bond acceptors (Lipinski definition) is 6. The van der Waals surface area contributed by atoms with Crippen LogP contribution >= 0.6 is 0 Å². The third kappa shape index (κ3) is 4.65. The Morgan fingerprint density at radius 1 is 1.09 bits per heavy atom. The molecule has 2 N–H and O–H groups in total. The maximum atomic E-state index is 12.1. The number of esters is 1. The Balaban J connectivity index is 2.70. The first-order valence-corrected chi connectivity index (χ1v) is 6.49. The van der Waals surface area contributed by atoms with E-state index in [4.69, 9.17) is 14.2 Å². The highest BCUT2D eigenvalue weighted by atomic mass is 16.5. The van der Waals surface area contributed by atoms with E-state index in [-0.39, 0.29) is 17.1 Å². The number of urea groups is 1. The lowest BCUT2D eigenvalue weighted by Crippen LogP contribution is -2.41. The van der Waals surface area contributed by atoms with Gasteiger partial charge in [0.2, 0.25) is 0 Å². The van der Waals surface area contributed by atoms with Gasteiger partial charge in [0.25, 0.3) is 5.91 Å². The molecule has 0 radical (unpaired) electrons. The van der Waals surface area contributed by atoms with Gasteiger partial charge in [0.1, 0.15) is 17.1 Å². The number of hydrogen-bond donors (Lipinski definition) is 2.